The molecular formula is C24H29N3O. The Morgan fingerprint density at radius 3 is 2.89 bits per heavy atom. The summed E-state index contributed by atoms with van der Waals surface area (Å²) >= 11 is 0. The van der Waals surface area contributed by atoms with Crippen molar-refractivity contribution in [1.29, 1.82) is 0 Å². The van der Waals surface area contributed by atoms with Crippen LogP contribution in [0.25, 0.3) is 11.3 Å². The predicted molar refractivity (Wildman–Crippen MR) is 117 cm³/mol. The summed E-state index contributed by atoms with van der Waals surface area (Å²) < 4.78 is 5.58. The molecule has 1 aliphatic heterocycles. The third-order valence-electron chi connectivity index (χ3n) is 5.28. The number of nitrogens with one attached hydrogen (secondary N) is 1. The van der Waals surface area contributed by atoms with E-state index >= 15 is 0 Å². The monoisotopic (exact) mass is 375 g/mol. The van der Waals surface area contributed by atoms with Crippen molar-refractivity contribution in [3.8, 4) is 11.3 Å². The maximum absolute atomic E-state index is 5.58. The second kappa shape index (κ2) is 8.55. The molecule has 0 aliphatic carbocycles. The number of benzene rings is 2. The second-order valence-corrected chi connectivity index (χ2v) is 7.24. The second-order valence-electron chi connectivity index (χ2n) is 7.24. The van der Waals surface area contributed by atoms with Gasteiger partial charge in [-0.3, -0.25) is 9.88 Å². The minimum Gasteiger partial charge on any atom is -0.366 e. The number of hydrogen-bond donors (Lipinski definition) is 1. The van der Waals surface area contributed by atoms with E-state index in [9.17, 15) is 0 Å². The lowest BCUT2D eigenvalue weighted by molar-refractivity contribution is 0.0280. The molecule has 2 aromatic carbocycles. The fourth-order valence-electron chi connectivity index (χ4n) is 3.77. The van der Waals surface area contributed by atoms with Crippen LogP contribution in [0.3, 0.4) is 0 Å². The largest absolute Gasteiger partial charge is 0.366 e. The number of hydrogen-bond acceptors (Lipinski definition) is 4. The van der Waals surface area contributed by atoms with Crippen LogP contribution in [0.4, 0.5) is 11.4 Å². The van der Waals surface area contributed by atoms with Crippen LogP contribution in [0.15, 0.2) is 60.8 Å². The first-order chi connectivity index (χ1) is 13.7. The first kappa shape index (κ1) is 18.7. The maximum Gasteiger partial charge on any atom is 0.0993 e. The predicted octanol–water partition coefficient (Wildman–Crippen LogP) is 5.40. The summed E-state index contributed by atoms with van der Waals surface area (Å²) in [5.74, 6) is 0. The lowest BCUT2D eigenvalue weighted by atomic mass is 9.97. The zero-order valence-electron chi connectivity index (χ0n) is 16.6. The average molecular weight is 376 g/mol. The van der Waals surface area contributed by atoms with Gasteiger partial charge in [0.2, 0.25) is 0 Å². The van der Waals surface area contributed by atoms with Crippen LogP contribution < -0.4 is 5.32 Å². The normalized spacial score (nSPS) is 13.9. The number of ether oxygens (including phenoxy) is 1. The van der Waals surface area contributed by atoms with Crippen LogP contribution in [-0.2, 0) is 17.7 Å². The van der Waals surface area contributed by atoms with Gasteiger partial charge in [0, 0.05) is 44.3 Å². The van der Waals surface area contributed by atoms with Crippen molar-refractivity contribution in [2.45, 2.75) is 26.8 Å². The van der Waals surface area contributed by atoms with E-state index in [1.807, 2.05) is 25.3 Å². The summed E-state index contributed by atoms with van der Waals surface area (Å²) in [5.41, 5.74) is 8.48. The highest BCUT2D eigenvalue weighted by Gasteiger charge is 2.18. The zero-order chi connectivity index (χ0) is 19.3. The first-order valence-electron chi connectivity index (χ1n) is 9.94. The molecule has 1 aromatic heterocycles. The molecular weight excluding hydrogens is 346 g/mol. The van der Waals surface area contributed by atoms with Crippen LogP contribution in [0.5, 0.6) is 0 Å². The van der Waals surface area contributed by atoms with E-state index in [-0.39, 0.29) is 1.43 Å². The smallest absolute Gasteiger partial charge is 0.0993 e. The summed E-state index contributed by atoms with van der Waals surface area (Å²) in [6.45, 7) is 7.61. The van der Waals surface area contributed by atoms with Crippen LogP contribution in [0.2, 0.25) is 0 Å². The number of aryl methyl sites for hydroxylation is 1. The number of rotatable bonds is 6. The molecule has 0 saturated heterocycles. The fourth-order valence-corrected chi connectivity index (χ4v) is 3.77. The Morgan fingerprint density at radius 1 is 1.14 bits per heavy atom. The fraction of sp³-hybridized carbons (Fsp3) is 0.292. The number of anilines is 2. The third kappa shape index (κ3) is 4.08. The van der Waals surface area contributed by atoms with E-state index < -0.39 is 0 Å². The molecule has 2 heterocycles. The van der Waals surface area contributed by atoms with Crippen molar-refractivity contribution in [2.24, 2.45) is 0 Å². The molecule has 0 amide bonds. The molecule has 4 rings (SSSR count). The summed E-state index contributed by atoms with van der Waals surface area (Å²) in [7, 11) is 0. The topological polar surface area (TPSA) is 37.4 Å². The Labute approximate surface area is 168 Å². The number of pyridine rings is 1. The van der Waals surface area contributed by atoms with Crippen molar-refractivity contribution >= 4 is 11.4 Å². The van der Waals surface area contributed by atoms with Crippen molar-refractivity contribution in [1.82, 2.24) is 9.88 Å². The Bertz CT molecular complexity index is 946. The molecule has 0 radical (unpaired) electrons. The number of nitrogens with zero attached hydrogens (tertiary/aromatic N) is 2. The van der Waals surface area contributed by atoms with E-state index in [2.05, 4.69) is 64.6 Å². The highest BCUT2D eigenvalue weighted by Crippen LogP contribution is 2.31. The van der Waals surface area contributed by atoms with E-state index in [1.165, 1.54) is 27.9 Å². The molecule has 4 heteroatoms. The summed E-state index contributed by atoms with van der Waals surface area (Å²) in [5, 5.41) is 3.65. The lowest BCUT2D eigenvalue weighted by Gasteiger charge is -2.29. The molecule has 4 nitrogen and oxygen atoms in total. The molecule has 1 aliphatic rings. The van der Waals surface area contributed by atoms with Gasteiger partial charge in [0.25, 0.3) is 0 Å². The molecule has 0 saturated carbocycles. The summed E-state index contributed by atoms with van der Waals surface area (Å²) in [4.78, 5) is 6.88. The van der Waals surface area contributed by atoms with Crippen molar-refractivity contribution < 1.29 is 6.16 Å². The SMILES string of the molecule is CCOCN1CCc2c(cccc2Nc2ccc(C)c(-c3ccccn3)c2)C1.[HH]. The first-order valence-corrected chi connectivity index (χ1v) is 9.94. The summed E-state index contributed by atoms with van der Waals surface area (Å²) in [6.07, 6.45) is 2.88. The summed E-state index contributed by atoms with van der Waals surface area (Å²) in [6, 6.07) is 19.1. The van der Waals surface area contributed by atoms with Gasteiger partial charge in [0.05, 0.1) is 12.4 Å². The molecule has 1 N–H and O–H groups in total. The number of aromatic nitrogens is 1. The van der Waals surface area contributed by atoms with Gasteiger partial charge in [-0.1, -0.05) is 24.3 Å². The van der Waals surface area contributed by atoms with Gasteiger partial charge >= 0.3 is 0 Å². The molecule has 3 aromatic rings. The Morgan fingerprint density at radius 2 is 2.07 bits per heavy atom. The molecule has 0 spiro atoms. The molecule has 146 valence electrons. The van der Waals surface area contributed by atoms with Gasteiger partial charge in [-0.25, -0.2) is 0 Å². The van der Waals surface area contributed by atoms with Gasteiger partial charge < -0.3 is 10.1 Å². The third-order valence-corrected chi connectivity index (χ3v) is 5.28. The van der Waals surface area contributed by atoms with Crippen molar-refractivity contribution in [3.05, 3.63) is 77.5 Å². The van der Waals surface area contributed by atoms with E-state index in [4.69, 9.17) is 4.74 Å². The minimum atomic E-state index is 0. The molecule has 0 unspecified atom stereocenters. The molecule has 0 atom stereocenters. The standard InChI is InChI=1S/C24H27N3O.H2/c1-3-28-17-27-14-12-21-19(16-27)7-6-9-24(21)26-20-11-10-18(2)22(15-20)23-8-4-5-13-25-23;/h4-11,13,15,26H,3,12,14,16-17H2,1-2H3;1H. The van der Waals surface area contributed by atoms with Gasteiger partial charge in [-0.15, -0.1) is 0 Å². The van der Waals surface area contributed by atoms with Gasteiger partial charge in [-0.2, -0.15) is 0 Å². The highest BCUT2D eigenvalue weighted by molar-refractivity contribution is 5.73. The Kier molecular flexibility index (Phi) is 5.70. The average Bonchev–Trinajstić information content (AvgIpc) is 2.74. The molecule has 28 heavy (non-hydrogen) atoms. The Hall–Kier alpha value is -2.69. The van der Waals surface area contributed by atoms with Gasteiger partial charge in [0.1, 0.15) is 0 Å². The zero-order valence-corrected chi connectivity index (χ0v) is 16.6. The van der Waals surface area contributed by atoms with Gasteiger partial charge in [0.15, 0.2) is 0 Å². The van der Waals surface area contributed by atoms with Gasteiger partial charge in [-0.05, 0) is 67.3 Å². The van der Waals surface area contributed by atoms with E-state index in [0.717, 1.165) is 37.5 Å². The Balaban J connectivity index is 0.00000240. The van der Waals surface area contributed by atoms with Crippen molar-refractivity contribution in [2.75, 3.05) is 25.2 Å². The van der Waals surface area contributed by atoms with Crippen LogP contribution >= 0.6 is 0 Å². The number of fused-ring (bicyclic) bond motifs is 1. The lowest BCUT2D eigenvalue weighted by Crippen LogP contribution is -2.32. The van der Waals surface area contributed by atoms with Crippen LogP contribution in [-0.4, -0.2) is 29.8 Å². The minimum absolute atomic E-state index is 0. The molecule has 0 fully saturated rings. The van der Waals surface area contributed by atoms with E-state index in [0.29, 0.717) is 6.73 Å². The van der Waals surface area contributed by atoms with E-state index in [1.54, 1.807) is 0 Å². The van der Waals surface area contributed by atoms with Crippen LogP contribution in [0, 0.1) is 6.92 Å². The van der Waals surface area contributed by atoms with Crippen LogP contribution in [0.1, 0.15) is 25.0 Å². The quantitative estimate of drug-likeness (QED) is 0.626. The maximum atomic E-state index is 5.58. The highest BCUT2D eigenvalue weighted by atomic mass is 16.5. The van der Waals surface area contributed by atoms with Crippen molar-refractivity contribution in [3.63, 3.8) is 0 Å². The molecule has 0 bridgehead atoms.